The molecule has 3 aromatic carbocycles. The normalized spacial score (nSPS) is 10.7. The molecule has 0 aliphatic heterocycles. The number of ether oxygens (including phenoxy) is 1. The van der Waals surface area contributed by atoms with Crippen molar-refractivity contribution in [2.45, 2.75) is 0 Å². The van der Waals surface area contributed by atoms with E-state index in [1.165, 1.54) is 0 Å². The molecule has 0 saturated carbocycles. The highest BCUT2D eigenvalue weighted by molar-refractivity contribution is 5.86. The molecule has 3 aromatic rings. The first-order chi connectivity index (χ1) is 12.7. The average molecular weight is 374 g/mol. The molecule has 0 aromatic heterocycles. The zero-order valence-corrected chi connectivity index (χ0v) is 13.5. The molecule has 140 valence electrons. The van der Waals surface area contributed by atoms with E-state index in [-0.39, 0.29) is 16.9 Å². The van der Waals surface area contributed by atoms with Gasteiger partial charge in [-0.15, -0.1) is 0 Å². The van der Waals surface area contributed by atoms with Gasteiger partial charge in [-0.05, 0) is 0 Å². The van der Waals surface area contributed by atoms with Gasteiger partial charge in [-0.3, -0.25) is 0 Å². The predicted molar refractivity (Wildman–Crippen MR) is 91.7 cm³/mol. The van der Waals surface area contributed by atoms with E-state index < -0.39 is 51.7 Å². The first-order valence-corrected chi connectivity index (χ1v) is 7.41. The van der Waals surface area contributed by atoms with Gasteiger partial charge in [0.05, 0.1) is 11.1 Å². The van der Waals surface area contributed by atoms with Crippen LogP contribution in [-0.2, 0) is 0 Å². The molecule has 0 unspecified atom stereocenters. The van der Waals surface area contributed by atoms with E-state index in [1.807, 2.05) is 0 Å². The fraction of sp³-hybridized carbons (Fsp3) is 0. The number of hydrogen-bond acceptors (Lipinski definition) is 9. The van der Waals surface area contributed by atoms with Gasteiger partial charge < -0.3 is 45.6 Å². The maximum atomic E-state index is 10.2. The van der Waals surface area contributed by atoms with Crippen LogP contribution in [0.15, 0.2) is 36.4 Å². The van der Waals surface area contributed by atoms with E-state index in [2.05, 4.69) is 0 Å². The van der Waals surface area contributed by atoms with Crippen molar-refractivity contribution >= 4 is 0 Å². The number of aromatic hydroxyl groups is 8. The fourth-order valence-corrected chi connectivity index (χ4v) is 2.57. The van der Waals surface area contributed by atoms with Gasteiger partial charge in [-0.1, -0.05) is 0 Å². The van der Waals surface area contributed by atoms with Gasteiger partial charge >= 0.3 is 0 Å². The SMILES string of the molecule is Oc1cc(O)c(Oc2cc(O)cc(O)c2-c2c(O)cc(O)cc2O)c(O)c1. The molecule has 0 aliphatic rings. The molecule has 0 heterocycles. The summed E-state index contributed by atoms with van der Waals surface area (Å²) in [7, 11) is 0. The highest BCUT2D eigenvalue weighted by Gasteiger charge is 2.23. The number of benzene rings is 3. The Kier molecular flexibility index (Phi) is 4.12. The molecule has 0 spiro atoms. The van der Waals surface area contributed by atoms with E-state index in [4.69, 9.17) is 4.74 Å². The summed E-state index contributed by atoms with van der Waals surface area (Å²) in [5.74, 6) is -5.36. The Bertz CT molecular complexity index is 997. The van der Waals surface area contributed by atoms with Gasteiger partial charge in [0.25, 0.3) is 0 Å². The quantitative estimate of drug-likeness (QED) is 0.343. The van der Waals surface area contributed by atoms with E-state index in [0.29, 0.717) is 0 Å². The van der Waals surface area contributed by atoms with Crippen LogP contribution in [0.3, 0.4) is 0 Å². The van der Waals surface area contributed by atoms with Crippen molar-refractivity contribution in [2.24, 2.45) is 0 Å². The molecule has 0 atom stereocenters. The van der Waals surface area contributed by atoms with E-state index in [1.54, 1.807) is 0 Å². The molecule has 0 aliphatic carbocycles. The van der Waals surface area contributed by atoms with Crippen molar-refractivity contribution in [1.82, 2.24) is 0 Å². The second kappa shape index (κ2) is 6.30. The monoisotopic (exact) mass is 374 g/mol. The van der Waals surface area contributed by atoms with Gasteiger partial charge in [0.1, 0.15) is 40.2 Å². The summed E-state index contributed by atoms with van der Waals surface area (Å²) < 4.78 is 5.37. The molecule has 0 saturated heterocycles. The molecule has 0 bridgehead atoms. The molecule has 9 heteroatoms. The second-order valence-corrected chi connectivity index (χ2v) is 5.61. The van der Waals surface area contributed by atoms with Crippen molar-refractivity contribution in [3.63, 3.8) is 0 Å². The Balaban J connectivity index is 2.24. The van der Waals surface area contributed by atoms with Crippen molar-refractivity contribution in [3.8, 4) is 68.6 Å². The summed E-state index contributed by atoms with van der Waals surface area (Å²) in [6, 6.07) is 5.47. The van der Waals surface area contributed by atoms with Gasteiger partial charge in [0, 0.05) is 36.4 Å². The van der Waals surface area contributed by atoms with Crippen molar-refractivity contribution in [3.05, 3.63) is 36.4 Å². The lowest BCUT2D eigenvalue weighted by Gasteiger charge is -2.17. The molecule has 27 heavy (non-hydrogen) atoms. The zero-order chi connectivity index (χ0) is 19.9. The Morgan fingerprint density at radius 1 is 0.444 bits per heavy atom. The molecular weight excluding hydrogens is 360 g/mol. The smallest absolute Gasteiger partial charge is 0.210 e. The van der Waals surface area contributed by atoms with Gasteiger partial charge in [0.15, 0.2) is 11.5 Å². The van der Waals surface area contributed by atoms with E-state index >= 15 is 0 Å². The summed E-state index contributed by atoms with van der Waals surface area (Å²) in [6.45, 7) is 0. The third kappa shape index (κ3) is 3.21. The molecule has 0 fully saturated rings. The molecule has 9 nitrogen and oxygen atoms in total. The molecule has 3 rings (SSSR count). The minimum absolute atomic E-state index is 0.297. The Labute approximate surface area is 151 Å². The Morgan fingerprint density at radius 3 is 1.30 bits per heavy atom. The Hall–Kier alpha value is -4.14. The lowest BCUT2D eigenvalue weighted by atomic mass is 10.0. The van der Waals surface area contributed by atoms with E-state index in [9.17, 15) is 40.9 Å². The second-order valence-electron chi connectivity index (χ2n) is 5.61. The molecular formula is C18H14O9. The molecule has 0 radical (unpaired) electrons. The Morgan fingerprint density at radius 2 is 0.815 bits per heavy atom. The van der Waals surface area contributed by atoms with Crippen molar-refractivity contribution in [1.29, 1.82) is 0 Å². The standard InChI is InChI=1S/C18H14O9/c19-7-1-10(22)16(11(23)2-7)17-12(24)3-9(21)6-15(17)27-18-13(25)4-8(20)5-14(18)26/h1-6,19-26H. The maximum absolute atomic E-state index is 10.2. The topological polar surface area (TPSA) is 171 Å². The third-order valence-electron chi connectivity index (χ3n) is 3.64. The van der Waals surface area contributed by atoms with Crippen LogP contribution in [0.2, 0.25) is 0 Å². The van der Waals surface area contributed by atoms with Crippen LogP contribution in [-0.4, -0.2) is 40.9 Å². The minimum atomic E-state index is -0.652. The maximum Gasteiger partial charge on any atom is 0.210 e. The van der Waals surface area contributed by atoms with Crippen molar-refractivity contribution < 1.29 is 45.6 Å². The fourth-order valence-electron chi connectivity index (χ4n) is 2.57. The molecule has 0 amide bonds. The van der Waals surface area contributed by atoms with Crippen LogP contribution in [0.4, 0.5) is 0 Å². The summed E-state index contributed by atoms with van der Waals surface area (Å²) in [5, 5.41) is 78.7. The third-order valence-corrected chi connectivity index (χ3v) is 3.64. The van der Waals surface area contributed by atoms with Gasteiger partial charge in [0.2, 0.25) is 5.75 Å². The average Bonchev–Trinajstić information content (AvgIpc) is 2.52. The zero-order valence-electron chi connectivity index (χ0n) is 13.5. The minimum Gasteiger partial charge on any atom is -0.508 e. The van der Waals surface area contributed by atoms with Crippen LogP contribution in [0, 0.1) is 0 Å². The number of rotatable bonds is 3. The van der Waals surface area contributed by atoms with Gasteiger partial charge in [-0.2, -0.15) is 0 Å². The van der Waals surface area contributed by atoms with Crippen molar-refractivity contribution in [2.75, 3.05) is 0 Å². The number of phenols is 8. The van der Waals surface area contributed by atoms with Crippen LogP contribution in [0.1, 0.15) is 0 Å². The highest BCUT2D eigenvalue weighted by atomic mass is 16.5. The largest absolute Gasteiger partial charge is 0.508 e. The first kappa shape index (κ1) is 17.7. The summed E-state index contributed by atoms with van der Waals surface area (Å²) in [4.78, 5) is 0. The van der Waals surface area contributed by atoms with E-state index in [0.717, 1.165) is 36.4 Å². The lowest BCUT2D eigenvalue weighted by Crippen LogP contribution is -1.92. The predicted octanol–water partition coefficient (Wildman–Crippen LogP) is 2.79. The van der Waals surface area contributed by atoms with Crippen LogP contribution in [0.25, 0.3) is 11.1 Å². The van der Waals surface area contributed by atoms with Crippen LogP contribution >= 0.6 is 0 Å². The summed E-state index contributed by atoms with van der Waals surface area (Å²) in [6.07, 6.45) is 0. The first-order valence-electron chi connectivity index (χ1n) is 7.41. The number of phenolic OH excluding ortho intramolecular Hbond substituents is 8. The van der Waals surface area contributed by atoms with Gasteiger partial charge in [-0.25, -0.2) is 0 Å². The molecule has 8 N–H and O–H groups in total. The van der Waals surface area contributed by atoms with Crippen LogP contribution in [0.5, 0.6) is 57.5 Å². The summed E-state index contributed by atoms with van der Waals surface area (Å²) >= 11 is 0. The number of hydrogen-bond donors (Lipinski definition) is 8. The highest BCUT2D eigenvalue weighted by Crippen LogP contribution is 2.52. The van der Waals surface area contributed by atoms with Crippen LogP contribution < -0.4 is 4.74 Å². The lowest BCUT2D eigenvalue weighted by molar-refractivity contribution is 0.365. The summed E-state index contributed by atoms with van der Waals surface area (Å²) in [5.41, 5.74) is -0.632.